The maximum atomic E-state index is 8.77. The molecule has 2 N–H and O–H groups in total. The van der Waals surface area contributed by atoms with Gasteiger partial charge in [-0.15, -0.1) is 12.4 Å². The van der Waals surface area contributed by atoms with Gasteiger partial charge in [-0.25, -0.2) is 0 Å². The molecule has 2 nitrogen and oxygen atoms in total. The number of benzene rings is 1. The van der Waals surface area contributed by atoms with Crippen LogP contribution in [-0.4, -0.2) is 0 Å². The van der Waals surface area contributed by atoms with Crippen molar-refractivity contribution in [3.05, 3.63) is 35.4 Å². The molecule has 0 aliphatic rings. The summed E-state index contributed by atoms with van der Waals surface area (Å²) < 4.78 is 0. The summed E-state index contributed by atoms with van der Waals surface area (Å²) in [6, 6.07) is 9.76. The molecule has 16 heavy (non-hydrogen) atoms. The first kappa shape index (κ1) is 15.0. The maximum absolute atomic E-state index is 8.77. The second-order valence-electron chi connectivity index (χ2n) is 4.31. The Hall–Kier alpha value is -1.04. The average Bonchev–Trinajstić information content (AvgIpc) is 2.26. The minimum absolute atomic E-state index is 0. The first-order chi connectivity index (χ1) is 7.13. The second-order valence-corrected chi connectivity index (χ2v) is 4.31. The summed E-state index contributed by atoms with van der Waals surface area (Å²) in [5.41, 5.74) is 7.81. The molecular formula is C13H19ClN2. The number of nitrogens with zero attached hydrogens (tertiary/aromatic N) is 1. The van der Waals surface area contributed by atoms with Crippen molar-refractivity contribution in [3.8, 4) is 6.07 Å². The van der Waals surface area contributed by atoms with Crippen LogP contribution in [0, 0.1) is 17.2 Å². The number of halogens is 1. The zero-order chi connectivity index (χ0) is 11.3. The van der Waals surface area contributed by atoms with Crippen LogP contribution in [0.25, 0.3) is 0 Å². The third-order valence-electron chi connectivity index (χ3n) is 2.50. The molecule has 0 aromatic heterocycles. The van der Waals surface area contributed by atoms with E-state index in [1.54, 1.807) is 6.07 Å². The smallest absolute Gasteiger partial charge is 0.0991 e. The van der Waals surface area contributed by atoms with Gasteiger partial charge >= 0.3 is 0 Å². The van der Waals surface area contributed by atoms with E-state index in [1.807, 2.05) is 18.2 Å². The fraction of sp³-hybridized carbons (Fsp3) is 0.462. The van der Waals surface area contributed by atoms with Crippen LogP contribution in [0.15, 0.2) is 24.3 Å². The highest BCUT2D eigenvalue weighted by Gasteiger charge is 2.07. The highest BCUT2D eigenvalue weighted by Crippen LogP contribution is 2.19. The van der Waals surface area contributed by atoms with E-state index in [0.717, 1.165) is 18.4 Å². The molecule has 0 radical (unpaired) electrons. The van der Waals surface area contributed by atoms with Crippen LogP contribution >= 0.6 is 12.4 Å². The van der Waals surface area contributed by atoms with Gasteiger partial charge in [0.05, 0.1) is 11.6 Å². The zero-order valence-corrected chi connectivity index (χ0v) is 10.6. The van der Waals surface area contributed by atoms with E-state index < -0.39 is 0 Å². The average molecular weight is 239 g/mol. The third kappa shape index (κ3) is 4.65. The van der Waals surface area contributed by atoms with Crippen LogP contribution in [0.4, 0.5) is 0 Å². The minimum Gasteiger partial charge on any atom is -0.324 e. The van der Waals surface area contributed by atoms with Crippen molar-refractivity contribution in [2.45, 2.75) is 32.7 Å². The number of nitriles is 1. The molecule has 88 valence electrons. The lowest BCUT2D eigenvalue weighted by Crippen LogP contribution is -2.11. The summed E-state index contributed by atoms with van der Waals surface area (Å²) in [7, 11) is 0. The van der Waals surface area contributed by atoms with Gasteiger partial charge in [-0.2, -0.15) is 5.26 Å². The molecule has 0 saturated carbocycles. The topological polar surface area (TPSA) is 49.8 Å². The quantitative estimate of drug-likeness (QED) is 0.874. The van der Waals surface area contributed by atoms with Gasteiger partial charge in [0, 0.05) is 6.04 Å². The summed E-state index contributed by atoms with van der Waals surface area (Å²) in [5.74, 6) is 0.676. The lowest BCUT2D eigenvalue weighted by molar-refractivity contribution is 0.507. The van der Waals surface area contributed by atoms with E-state index in [4.69, 9.17) is 11.0 Å². The van der Waals surface area contributed by atoms with Gasteiger partial charge in [0.1, 0.15) is 0 Å². The Bertz CT molecular complexity index is 355. The highest BCUT2D eigenvalue weighted by atomic mass is 35.5. The second kappa shape index (κ2) is 7.27. The molecule has 0 heterocycles. The van der Waals surface area contributed by atoms with Crippen LogP contribution in [-0.2, 0) is 0 Å². The summed E-state index contributed by atoms with van der Waals surface area (Å²) in [4.78, 5) is 0. The zero-order valence-electron chi connectivity index (χ0n) is 9.81. The minimum atomic E-state index is 0. The normalized spacial score (nSPS) is 11.7. The molecule has 0 unspecified atom stereocenters. The van der Waals surface area contributed by atoms with E-state index in [0.29, 0.717) is 11.5 Å². The molecule has 1 aromatic carbocycles. The molecule has 0 spiro atoms. The molecule has 0 aliphatic carbocycles. The van der Waals surface area contributed by atoms with Crippen molar-refractivity contribution in [2.24, 2.45) is 11.7 Å². The van der Waals surface area contributed by atoms with E-state index in [-0.39, 0.29) is 18.4 Å². The fourth-order valence-electron chi connectivity index (χ4n) is 1.52. The highest BCUT2D eigenvalue weighted by molar-refractivity contribution is 5.85. The lowest BCUT2D eigenvalue weighted by Gasteiger charge is -2.13. The molecule has 0 amide bonds. The molecule has 1 aromatic rings. The Morgan fingerprint density at radius 2 is 2.00 bits per heavy atom. The summed E-state index contributed by atoms with van der Waals surface area (Å²) in [6.45, 7) is 4.39. The largest absolute Gasteiger partial charge is 0.324 e. The van der Waals surface area contributed by atoms with Gasteiger partial charge in [-0.3, -0.25) is 0 Å². The van der Waals surface area contributed by atoms with Gasteiger partial charge in [-0.1, -0.05) is 26.0 Å². The predicted octanol–water partition coefficient (Wildman–Crippen LogP) is 3.42. The van der Waals surface area contributed by atoms with Crippen molar-refractivity contribution in [2.75, 3.05) is 0 Å². The van der Waals surface area contributed by atoms with Gasteiger partial charge in [-0.05, 0) is 36.5 Å². The van der Waals surface area contributed by atoms with Gasteiger partial charge < -0.3 is 5.73 Å². The van der Waals surface area contributed by atoms with Crippen molar-refractivity contribution in [1.82, 2.24) is 0 Å². The first-order valence-corrected chi connectivity index (χ1v) is 5.39. The first-order valence-electron chi connectivity index (χ1n) is 5.39. The van der Waals surface area contributed by atoms with Crippen molar-refractivity contribution in [3.63, 3.8) is 0 Å². The molecule has 0 saturated heterocycles. The molecular weight excluding hydrogens is 220 g/mol. The Labute approximate surface area is 104 Å². The Morgan fingerprint density at radius 3 is 2.56 bits per heavy atom. The SMILES string of the molecule is CC(C)CC[C@H](N)c1cccc(C#N)c1.Cl. The predicted molar refractivity (Wildman–Crippen MR) is 69.4 cm³/mol. The monoisotopic (exact) mass is 238 g/mol. The number of nitrogens with two attached hydrogens (primary N) is 1. The van der Waals surface area contributed by atoms with E-state index in [9.17, 15) is 0 Å². The Balaban J connectivity index is 0.00000225. The van der Waals surface area contributed by atoms with Crippen LogP contribution in [0.3, 0.4) is 0 Å². The summed E-state index contributed by atoms with van der Waals surface area (Å²) in [5, 5.41) is 8.77. The summed E-state index contributed by atoms with van der Waals surface area (Å²) >= 11 is 0. The van der Waals surface area contributed by atoms with Crippen LogP contribution in [0.5, 0.6) is 0 Å². The van der Waals surface area contributed by atoms with Crippen molar-refractivity contribution < 1.29 is 0 Å². The maximum Gasteiger partial charge on any atom is 0.0991 e. The van der Waals surface area contributed by atoms with Crippen LogP contribution in [0.1, 0.15) is 43.9 Å². The van der Waals surface area contributed by atoms with Crippen molar-refractivity contribution >= 4 is 12.4 Å². The van der Waals surface area contributed by atoms with Gasteiger partial charge in [0.2, 0.25) is 0 Å². The Morgan fingerprint density at radius 1 is 1.31 bits per heavy atom. The number of rotatable bonds is 4. The van der Waals surface area contributed by atoms with E-state index in [1.165, 1.54) is 0 Å². The molecule has 1 atom stereocenters. The van der Waals surface area contributed by atoms with Crippen LogP contribution < -0.4 is 5.73 Å². The standard InChI is InChI=1S/C13H18N2.ClH/c1-10(2)6-7-13(15)12-5-3-4-11(8-12)9-14;/h3-5,8,10,13H,6-7,15H2,1-2H3;1H/t13-;/m0./s1. The Kier molecular flexibility index (Phi) is 6.80. The molecule has 0 bridgehead atoms. The molecule has 0 aliphatic heterocycles. The van der Waals surface area contributed by atoms with Crippen molar-refractivity contribution in [1.29, 1.82) is 5.26 Å². The lowest BCUT2D eigenvalue weighted by atomic mass is 9.97. The number of hydrogen-bond donors (Lipinski definition) is 1. The number of hydrogen-bond acceptors (Lipinski definition) is 2. The molecule has 1 rings (SSSR count). The summed E-state index contributed by atoms with van der Waals surface area (Å²) in [6.07, 6.45) is 2.10. The van der Waals surface area contributed by atoms with Gasteiger partial charge in [0.25, 0.3) is 0 Å². The molecule has 3 heteroatoms. The van der Waals surface area contributed by atoms with E-state index in [2.05, 4.69) is 19.9 Å². The van der Waals surface area contributed by atoms with Gasteiger partial charge in [0.15, 0.2) is 0 Å². The third-order valence-corrected chi connectivity index (χ3v) is 2.50. The van der Waals surface area contributed by atoms with Crippen LogP contribution in [0.2, 0.25) is 0 Å². The van der Waals surface area contributed by atoms with E-state index >= 15 is 0 Å². The molecule has 0 fully saturated rings. The fourth-order valence-corrected chi connectivity index (χ4v) is 1.52.